The molecule has 3 aromatic carbocycles. The third-order valence-corrected chi connectivity index (χ3v) is 10.4. The molecule has 3 aliphatic rings. The Hall–Kier alpha value is -5.95. The van der Waals surface area contributed by atoms with Gasteiger partial charge in [-0.25, -0.2) is 9.97 Å². The van der Waals surface area contributed by atoms with Gasteiger partial charge < -0.3 is 31.2 Å². The number of rotatable bonds is 9. The van der Waals surface area contributed by atoms with Crippen LogP contribution in [0.2, 0.25) is 0 Å². The summed E-state index contributed by atoms with van der Waals surface area (Å²) < 4.78 is 0. The lowest BCUT2D eigenvalue weighted by atomic mass is 9.98. The number of anilines is 6. The molecule has 0 radical (unpaired) electrons. The number of piperidine rings is 1. The van der Waals surface area contributed by atoms with Crippen LogP contribution in [0.15, 0.2) is 83.9 Å². The van der Waals surface area contributed by atoms with Gasteiger partial charge in [0.15, 0.2) is 0 Å². The van der Waals surface area contributed by atoms with E-state index in [0.29, 0.717) is 24.7 Å². The Kier molecular flexibility index (Phi) is 8.93. The van der Waals surface area contributed by atoms with Crippen LogP contribution in [0.25, 0.3) is 22.0 Å². The molecule has 3 fully saturated rings. The highest BCUT2D eigenvalue weighted by Crippen LogP contribution is 2.30. The number of hydrogen-bond acceptors (Lipinski definition) is 11. The Morgan fingerprint density at radius 2 is 1.71 bits per heavy atom. The summed E-state index contributed by atoms with van der Waals surface area (Å²) >= 11 is 0. The number of aromatic nitrogens is 3. The van der Waals surface area contributed by atoms with Crippen LogP contribution in [0, 0.1) is 12.8 Å². The number of H-pyrrole nitrogens is 1. The SMILES string of the molecule is Cc1c(-c2ccc3cnc(Nc4ccc(N5CC(CN6CCN(c7cccc(NC8CCC(=O)NC8=O)c7)CC6)C5)cc4)nc3c2)c[nH]c(=O)c1N. The van der Waals surface area contributed by atoms with Crippen molar-refractivity contribution in [1.82, 2.24) is 25.2 Å². The van der Waals surface area contributed by atoms with Crippen LogP contribution in [0.4, 0.5) is 34.4 Å². The molecule has 8 rings (SSSR count). The topological polar surface area (TPSA) is 165 Å². The van der Waals surface area contributed by atoms with Gasteiger partial charge in [0.2, 0.25) is 17.8 Å². The van der Waals surface area contributed by atoms with E-state index in [1.165, 1.54) is 5.69 Å². The minimum Gasteiger partial charge on any atom is -0.394 e. The molecule has 3 saturated heterocycles. The molecule has 1 atom stereocenters. The normalized spacial score (nSPS) is 18.3. The lowest BCUT2D eigenvalue weighted by molar-refractivity contribution is -0.133. The zero-order valence-electron chi connectivity index (χ0n) is 29.1. The van der Waals surface area contributed by atoms with Crippen LogP contribution >= 0.6 is 0 Å². The van der Waals surface area contributed by atoms with Gasteiger partial charge in [-0.2, -0.15) is 0 Å². The predicted molar refractivity (Wildman–Crippen MR) is 205 cm³/mol. The minimum absolute atomic E-state index is 0.204. The summed E-state index contributed by atoms with van der Waals surface area (Å²) in [5.41, 5.74) is 13.4. The fourth-order valence-electron chi connectivity index (χ4n) is 7.35. The Morgan fingerprint density at radius 1 is 0.904 bits per heavy atom. The van der Waals surface area contributed by atoms with Crippen molar-refractivity contribution in [2.75, 3.05) is 72.0 Å². The second-order valence-electron chi connectivity index (χ2n) is 14.0. The highest BCUT2D eigenvalue weighted by Gasteiger charge is 2.30. The Morgan fingerprint density at radius 3 is 2.50 bits per heavy atom. The van der Waals surface area contributed by atoms with E-state index < -0.39 is 0 Å². The largest absolute Gasteiger partial charge is 0.394 e. The molecule has 0 aliphatic carbocycles. The lowest BCUT2D eigenvalue weighted by Gasteiger charge is -2.45. The van der Waals surface area contributed by atoms with Crippen molar-refractivity contribution in [2.45, 2.75) is 25.8 Å². The van der Waals surface area contributed by atoms with Gasteiger partial charge in [-0.3, -0.25) is 24.6 Å². The van der Waals surface area contributed by atoms with Crippen LogP contribution < -0.4 is 37.0 Å². The summed E-state index contributed by atoms with van der Waals surface area (Å²) in [4.78, 5) is 55.0. The number of nitrogens with two attached hydrogens (primary N) is 1. The molecule has 2 aromatic heterocycles. The first-order valence-corrected chi connectivity index (χ1v) is 17.8. The zero-order chi connectivity index (χ0) is 35.8. The predicted octanol–water partition coefficient (Wildman–Crippen LogP) is 4.09. The summed E-state index contributed by atoms with van der Waals surface area (Å²) in [5, 5.41) is 9.98. The van der Waals surface area contributed by atoms with Crippen LogP contribution in [-0.2, 0) is 9.59 Å². The molecule has 6 N–H and O–H groups in total. The van der Waals surface area contributed by atoms with E-state index >= 15 is 0 Å². The van der Waals surface area contributed by atoms with Crippen LogP contribution in [0.5, 0.6) is 0 Å². The monoisotopic (exact) mass is 698 g/mol. The maximum atomic E-state index is 12.2. The summed E-state index contributed by atoms with van der Waals surface area (Å²) in [6, 6.07) is 22.2. The van der Waals surface area contributed by atoms with Crippen LogP contribution in [0.3, 0.4) is 0 Å². The summed E-state index contributed by atoms with van der Waals surface area (Å²) in [7, 11) is 0. The second-order valence-corrected chi connectivity index (χ2v) is 14.0. The molecule has 0 saturated carbocycles. The van der Waals surface area contributed by atoms with E-state index in [1.54, 1.807) is 12.4 Å². The van der Waals surface area contributed by atoms with E-state index in [-0.39, 0.29) is 29.1 Å². The molecule has 266 valence electrons. The first kappa shape index (κ1) is 33.2. The summed E-state index contributed by atoms with van der Waals surface area (Å²) in [6.07, 6.45) is 4.36. The number of nitrogen functional groups attached to an aromatic ring is 1. The van der Waals surface area contributed by atoms with Gasteiger partial charge in [-0.05, 0) is 73.0 Å². The number of nitrogens with one attached hydrogen (secondary N) is 4. The van der Waals surface area contributed by atoms with Crippen LogP contribution in [0.1, 0.15) is 18.4 Å². The first-order chi connectivity index (χ1) is 25.3. The van der Waals surface area contributed by atoms with Gasteiger partial charge >= 0.3 is 0 Å². The summed E-state index contributed by atoms with van der Waals surface area (Å²) in [5.74, 6) is 0.687. The molecular formula is C39H42N10O3. The van der Waals surface area contributed by atoms with Gasteiger partial charge in [-0.15, -0.1) is 0 Å². The molecule has 13 nitrogen and oxygen atoms in total. The minimum atomic E-state index is -0.385. The lowest BCUT2D eigenvalue weighted by Crippen LogP contribution is -2.55. The van der Waals surface area contributed by atoms with Gasteiger partial charge in [0.25, 0.3) is 5.56 Å². The molecule has 0 spiro atoms. The maximum absolute atomic E-state index is 12.2. The van der Waals surface area contributed by atoms with Gasteiger partial charge in [0, 0.05) is 104 Å². The number of fused-ring (bicyclic) bond motifs is 1. The molecule has 52 heavy (non-hydrogen) atoms. The Bertz CT molecular complexity index is 2190. The first-order valence-electron chi connectivity index (χ1n) is 17.8. The average Bonchev–Trinajstić information content (AvgIpc) is 3.14. The number of hydrogen-bond donors (Lipinski definition) is 5. The average molecular weight is 699 g/mol. The quantitative estimate of drug-likeness (QED) is 0.141. The van der Waals surface area contributed by atoms with Crippen molar-refractivity contribution in [2.24, 2.45) is 5.92 Å². The third-order valence-electron chi connectivity index (χ3n) is 10.4. The molecule has 1 unspecified atom stereocenters. The van der Waals surface area contributed by atoms with Gasteiger partial charge in [0.1, 0.15) is 11.7 Å². The van der Waals surface area contributed by atoms with Crippen molar-refractivity contribution < 1.29 is 9.59 Å². The van der Waals surface area contributed by atoms with Gasteiger partial charge in [0.05, 0.1) is 5.52 Å². The van der Waals surface area contributed by atoms with Crippen molar-refractivity contribution in [3.05, 3.63) is 95.0 Å². The van der Waals surface area contributed by atoms with E-state index in [2.05, 4.69) is 77.0 Å². The number of nitrogens with zero attached hydrogens (tertiary/aromatic N) is 5. The zero-order valence-corrected chi connectivity index (χ0v) is 29.1. The number of carbonyl (C=O) groups excluding carboxylic acids is 2. The number of piperazine rings is 1. The van der Waals surface area contributed by atoms with E-state index in [9.17, 15) is 14.4 Å². The molecule has 5 heterocycles. The standard InChI is InChI=1S/C39H42N10O3/c1-24-32(20-41-38(52)36(24)40)26-5-6-27-19-42-39(45-34(27)17-26)44-28-7-9-30(10-8-28)49-22-25(23-49)21-47-13-15-48(16-14-47)31-4-2-3-29(18-31)43-33-11-12-35(50)46-37(33)51/h2-10,17-20,25,33,43H,11-16,21-23,40H2,1H3,(H,41,52)(H,42,44,45)(H,46,50,51). The Balaban J connectivity index is 0.810. The van der Waals surface area contributed by atoms with E-state index in [1.807, 2.05) is 37.3 Å². The fraction of sp³-hybridized carbons (Fsp3) is 0.308. The number of imide groups is 1. The number of amides is 2. The number of aromatic amines is 1. The molecular weight excluding hydrogens is 656 g/mol. The number of carbonyl (C=O) groups is 2. The molecule has 0 bridgehead atoms. The van der Waals surface area contributed by atoms with Crippen molar-refractivity contribution in [3.8, 4) is 11.1 Å². The van der Waals surface area contributed by atoms with Crippen molar-refractivity contribution in [1.29, 1.82) is 0 Å². The van der Waals surface area contributed by atoms with Crippen molar-refractivity contribution in [3.63, 3.8) is 0 Å². The Labute approximate surface area is 301 Å². The second kappa shape index (κ2) is 14.0. The highest BCUT2D eigenvalue weighted by atomic mass is 16.2. The third kappa shape index (κ3) is 6.99. The number of pyridine rings is 1. The molecule has 2 amide bonds. The molecule has 5 aromatic rings. The van der Waals surface area contributed by atoms with Gasteiger partial charge in [-0.1, -0.05) is 18.2 Å². The molecule has 13 heteroatoms. The maximum Gasteiger partial charge on any atom is 0.271 e. The fourth-order valence-corrected chi connectivity index (χ4v) is 7.35. The highest BCUT2D eigenvalue weighted by molar-refractivity contribution is 6.01. The van der Waals surface area contributed by atoms with E-state index in [4.69, 9.17) is 10.7 Å². The number of benzene rings is 3. The van der Waals surface area contributed by atoms with Crippen molar-refractivity contribution >= 4 is 57.1 Å². The van der Waals surface area contributed by atoms with E-state index in [0.717, 1.165) is 90.5 Å². The smallest absolute Gasteiger partial charge is 0.271 e. The van der Waals surface area contributed by atoms with Crippen LogP contribution in [-0.4, -0.2) is 83.5 Å². The summed E-state index contributed by atoms with van der Waals surface area (Å²) in [6.45, 7) is 8.96. The molecule has 3 aliphatic heterocycles.